The minimum absolute atomic E-state index is 0.00255. The average molecular weight is 372 g/mol. The SMILES string of the molecule is Cc1onc(-c2ccccc2Cl)c1C(=O)NCc1ccccc1[N+](=O)[O-]. The molecule has 0 unspecified atom stereocenters. The third-order valence-corrected chi connectivity index (χ3v) is 4.18. The van der Waals surface area contributed by atoms with Crippen molar-refractivity contribution in [2.24, 2.45) is 0 Å². The Balaban J connectivity index is 1.87. The van der Waals surface area contributed by atoms with Gasteiger partial charge in [-0.2, -0.15) is 0 Å². The second-order valence-corrected chi connectivity index (χ2v) is 5.92. The Morgan fingerprint density at radius 3 is 2.65 bits per heavy atom. The number of nitrogens with one attached hydrogen (secondary N) is 1. The van der Waals surface area contributed by atoms with Crippen LogP contribution < -0.4 is 5.32 Å². The third-order valence-electron chi connectivity index (χ3n) is 3.85. The molecule has 0 atom stereocenters. The van der Waals surface area contributed by atoms with Crippen molar-refractivity contribution in [1.82, 2.24) is 10.5 Å². The summed E-state index contributed by atoms with van der Waals surface area (Å²) in [5, 5.41) is 18.1. The highest BCUT2D eigenvalue weighted by atomic mass is 35.5. The molecule has 0 aliphatic carbocycles. The minimum atomic E-state index is -0.485. The first kappa shape index (κ1) is 17.6. The Bertz CT molecular complexity index is 984. The fraction of sp³-hybridized carbons (Fsp3) is 0.111. The summed E-state index contributed by atoms with van der Waals surface area (Å²) in [5.74, 6) is -0.114. The largest absolute Gasteiger partial charge is 0.360 e. The summed E-state index contributed by atoms with van der Waals surface area (Å²) in [6, 6.07) is 13.2. The highest BCUT2D eigenvalue weighted by molar-refractivity contribution is 6.33. The summed E-state index contributed by atoms with van der Waals surface area (Å²) in [6.07, 6.45) is 0. The van der Waals surface area contributed by atoms with Crippen LogP contribution in [0.3, 0.4) is 0 Å². The molecule has 1 N–H and O–H groups in total. The van der Waals surface area contributed by atoms with Crippen molar-refractivity contribution >= 4 is 23.2 Å². The van der Waals surface area contributed by atoms with Gasteiger partial charge in [0, 0.05) is 23.7 Å². The normalized spacial score (nSPS) is 10.5. The molecule has 0 aliphatic heterocycles. The standard InChI is InChI=1S/C18H14ClN3O4/c1-11-16(17(21-26-11)13-7-3-4-8-14(13)19)18(23)20-10-12-6-2-5-9-15(12)22(24)25/h2-9H,10H2,1H3,(H,20,23). The zero-order valence-corrected chi connectivity index (χ0v) is 14.5. The van der Waals surface area contributed by atoms with Gasteiger partial charge in [0.2, 0.25) is 0 Å². The van der Waals surface area contributed by atoms with Gasteiger partial charge in [-0.25, -0.2) is 0 Å². The number of aromatic nitrogens is 1. The average Bonchev–Trinajstić information content (AvgIpc) is 3.01. The molecule has 0 saturated carbocycles. The molecule has 26 heavy (non-hydrogen) atoms. The van der Waals surface area contributed by atoms with E-state index in [0.717, 1.165) is 0 Å². The van der Waals surface area contributed by atoms with Crippen molar-refractivity contribution < 1.29 is 14.2 Å². The van der Waals surface area contributed by atoms with E-state index in [-0.39, 0.29) is 17.8 Å². The number of amides is 1. The monoisotopic (exact) mass is 371 g/mol. The molecule has 0 bridgehead atoms. The Kier molecular flexibility index (Phi) is 4.99. The zero-order chi connectivity index (χ0) is 18.7. The smallest absolute Gasteiger partial charge is 0.274 e. The highest BCUT2D eigenvalue weighted by Crippen LogP contribution is 2.31. The Morgan fingerprint density at radius 1 is 1.23 bits per heavy atom. The Hall–Kier alpha value is -3.19. The lowest BCUT2D eigenvalue weighted by atomic mass is 10.1. The second-order valence-electron chi connectivity index (χ2n) is 5.51. The van der Waals surface area contributed by atoms with Crippen LogP contribution in [-0.4, -0.2) is 16.0 Å². The van der Waals surface area contributed by atoms with E-state index in [2.05, 4.69) is 10.5 Å². The van der Waals surface area contributed by atoms with Gasteiger partial charge < -0.3 is 9.84 Å². The molecule has 1 heterocycles. The van der Waals surface area contributed by atoms with E-state index in [1.807, 2.05) is 0 Å². The molecule has 2 aromatic carbocycles. The first-order valence-electron chi connectivity index (χ1n) is 7.70. The number of nitro benzene ring substituents is 1. The van der Waals surface area contributed by atoms with E-state index in [9.17, 15) is 14.9 Å². The van der Waals surface area contributed by atoms with Gasteiger partial charge in [-0.05, 0) is 13.0 Å². The fourth-order valence-electron chi connectivity index (χ4n) is 2.58. The molecule has 3 rings (SSSR count). The zero-order valence-electron chi connectivity index (χ0n) is 13.7. The Morgan fingerprint density at radius 2 is 1.92 bits per heavy atom. The number of nitro groups is 1. The second kappa shape index (κ2) is 7.37. The number of hydrogen-bond acceptors (Lipinski definition) is 5. The van der Waals surface area contributed by atoms with Gasteiger partial charge in [0.15, 0.2) is 0 Å². The summed E-state index contributed by atoms with van der Waals surface area (Å²) in [4.78, 5) is 23.3. The van der Waals surface area contributed by atoms with Crippen LogP contribution in [0.4, 0.5) is 5.69 Å². The third kappa shape index (κ3) is 3.43. The van der Waals surface area contributed by atoms with Crippen molar-refractivity contribution in [2.75, 3.05) is 0 Å². The molecule has 0 saturated heterocycles. The summed E-state index contributed by atoms with van der Waals surface area (Å²) in [5.41, 5.74) is 1.49. The molecule has 3 aromatic rings. The first-order valence-corrected chi connectivity index (χ1v) is 8.08. The molecule has 8 heteroatoms. The molecule has 0 spiro atoms. The number of benzene rings is 2. The highest BCUT2D eigenvalue weighted by Gasteiger charge is 2.23. The first-order chi connectivity index (χ1) is 12.5. The van der Waals surface area contributed by atoms with Gasteiger partial charge in [0.25, 0.3) is 11.6 Å². The van der Waals surface area contributed by atoms with Crippen molar-refractivity contribution in [3.63, 3.8) is 0 Å². The van der Waals surface area contributed by atoms with E-state index in [0.29, 0.717) is 27.6 Å². The molecule has 1 aromatic heterocycles. The van der Waals surface area contributed by atoms with Crippen molar-refractivity contribution in [3.05, 3.63) is 80.6 Å². The minimum Gasteiger partial charge on any atom is -0.360 e. The van der Waals surface area contributed by atoms with Crippen LogP contribution in [0.2, 0.25) is 5.02 Å². The van der Waals surface area contributed by atoms with E-state index < -0.39 is 10.8 Å². The van der Waals surface area contributed by atoms with Crippen molar-refractivity contribution in [1.29, 1.82) is 0 Å². The van der Waals surface area contributed by atoms with Crippen LogP contribution in [0.25, 0.3) is 11.3 Å². The number of halogens is 1. The number of aryl methyl sites for hydroxylation is 1. The number of carbonyl (C=O) groups is 1. The van der Waals surface area contributed by atoms with E-state index >= 15 is 0 Å². The van der Waals surface area contributed by atoms with E-state index in [1.165, 1.54) is 6.07 Å². The van der Waals surface area contributed by atoms with Gasteiger partial charge in [-0.3, -0.25) is 14.9 Å². The molecule has 7 nitrogen and oxygen atoms in total. The number of nitrogens with zero attached hydrogens (tertiary/aromatic N) is 2. The molecule has 0 radical (unpaired) electrons. The van der Waals surface area contributed by atoms with Crippen molar-refractivity contribution in [3.8, 4) is 11.3 Å². The molecule has 0 aliphatic rings. The number of rotatable bonds is 5. The van der Waals surface area contributed by atoms with Gasteiger partial charge >= 0.3 is 0 Å². The lowest BCUT2D eigenvalue weighted by molar-refractivity contribution is -0.385. The fourth-order valence-corrected chi connectivity index (χ4v) is 2.80. The van der Waals surface area contributed by atoms with Crippen LogP contribution >= 0.6 is 11.6 Å². The number of para-hydroxylation sites is 1. The van der Waals surface area contributed by atoms with Gasteiger partial charge in [-0.1, -0.05) is 53.2 Å². The summed E-state index contributed by atoms with van der Waals surface area (Å²) in [6.45, 7) is 1.62. The molecule has 0 fully saturated rings. The molecular weight excluding hydrogens is 358 g/mol. The van der Waals surface area contributed by atoms with Crippen molar-refractivity contribution in [2.45, 2.75) is 13.5 Å². The Labute approximate surface area is 153 Å². The van der Waals surface area contributed by atoms with Gasteiger partial charge in [0.05, 0.1) is 9.95 Å². The predicted octanol–water partition coefficient (Wildman–Crippen LogP) is 4.14. The van der Waals surface area contributed by atoms with Crippen LogP contribution in [0.1, 0.15) is 21.7 Å². The van der Waals surface area contributed by atoms with Gasteiger partial charge in [0.1, 0.15) is 17.0 Å². The lowest BCUT2D eigenvalue weighted by Crippen LogP contribution is -2.24. The maximum atomic E-state index is 12.7. The van der Waals surface area contributed by atoms with E-state index in [1.54, 1.807) is 49.4 Å². The van der Waals surface area contributed by atoms with E-state index in [4.69, 9.17) is 16.1 Å². The summed E-state index contributed by atoms with van der Waals surface area (Å²) >= 11 is 6.18. The summed E-state index contributed by atoms with van der Waals surface area (Å²) in [7, 11) is 0. The molecular formula is C18H14ClN3O4. The maximum Gasteiger partial charge on any atom is 0.274 e. The maximum absolute atomic E-state index is 12.7. The molecule has 132 valence electrons. The number of carbonyl (C=O) groups excluding carboxylic acids is 1. The van der Waals surface area contributed by atoms with Crippen LogP contribution in [0, 0.1) is 17.0 Å². The molecule has 1 amide bonds. The van der Waals surface area contributed by atoms with Crippen LogP contribution in [-0.2, 0) is 6.54 Å². The lowest BCUT2D eigenvalue weighted by Gasteiger charge is -2.07. The topological polar surface area (TPSA) is 98.3 Å². The predicted molar refractivity (Wildman–Crippen MR) is 96.0 cm³/mol. The summed E-state index contributed by atoms with van der Waals surface area (Å²) < 4.78 is 5.16. The van der Waals surface area contributed by atoms with Crippen LogP contribution in [0.5, 0.6) is 0 Å². The number of hydrogen-bond donors (Lipinski definition) is 1. The van der Waals surface area contributed by atoms with Crippen LogP contribution in [0.15, 0.2) is 53.1 Å². The quantitative estimate of drug-likeness (QED) is 0.536. The van der Waals surface area contributed by atoms with Gasteiger partial charge in [-0.15, -0.1) is 0 Å².